The predicted octanol–water partition coefficient (Wildman–Crippen LogP) is 7.09. The fourth-order valence-electron chi connectivity index (χ4n) is 3.26. The Morgan fingerprint density at radius 1 is 1.19 bits per heavy atom. The molecule has 0 radical (unpaired) electrons. The van der Waals surface area contributed by atoms with Crippen molar-refractivity contribution in [1.82, 2.24) is 0 Å². The van der Waals surface area contributed by atoms with E-state index in [1.165, 1.54) is 12.1 Å². The largest absolute Gasteiger partial charge is 0.449 e. The molecule has 172 valence electrons. The summed E-state index contributed by atoms with van der Waals surface area (Å²) in [4.78, 5) is 17.0. The molecule has 0 saturated carbocycles. The predicted molar refractivity (Wildman–Crippen MR) is 117 cm³/mol. The van der Waals surface area contributed by atoms with Gasteiger partial charge in [-0.25, -0.2) is 4.79 Å². The molecule has 0 aromatic heterocycles. The molecule has 5 nitrogen and oxygen atoms in total. The molecule has 10 heteroatoms. The lowest BCUT2D eigenvalue weighted by Gasteiger charge is -2.29. The summed E-state index contributed by atoms with van der Waals surface area (Å²) in [5, 5.41) is 6.44. The normalized spacial score (nSPS) is 18.3. The van der Waals surface area contributed by atoms with Crippen LogP contribution in [0.2, 0.25) is 10.0 Å². The molecule has 1 aliphatic heterocycles. The lowest BCUT2D eigenvalue weighted by atomic mass is 9.86. The van der Waals surface area contributed by atoms with Gasteiger partial charge in [-0.15, -0.1) is 0 Å². The van der Waals surface area contributed by atoms with Gasteiger partial charge in [0.05, 0.1) is 12.3 Å². The Labute approximate surface area is 193 Å². The summed E-state index contributed by atoms with van der Waals surface area (Å²) in [7, 11) is 0. The van der Waals surface area contributed by atoms with Gasteiger partial charge in [0.1, 0.15) is 0 Å². The number of carbonyl (C=O) groups excluding carboxylic acids is 1. The molecule has 0 saturated heterocycles. The summed E-state index contributed by atoms with van der Waals surface area (Å²) in [6, 6.07) is 8.50. The van der Waals surface area contributed by atoms with Gasteiger partial charge in [-0.05, 0) is 54.8 Å². The summed E-state index contributed by atoms with van der Waals surface area (Å²) in [6.45, 7) is 5.78. The van der Waals surface area contributed by atoms with Crippen LogP contribution in [-0.2, 0) is 15.2 Å². The van der Waals surface area contributed by atoms with Crippen LogP contribution in [0.15, 0.2) is 41.6 Å². The van der Waals surface area contributed by atoms with Crippen LogP contribution in [-0.4, -0.2) is 24.6 Å². The number of nitrogens with zero attached hydrogens (tertiary/aromatic N) is 1. The Balaban J connectivity index is 1.90. The number of alkyl halides is 3. The Hall–Kier alpha value is -2.45. The zero-order valence-electron chi connectivity index (χ0n) is 17.5. The second kappa shape index (κ2) is 9.19. The van der Waals surface area contributed by atoms with Crippen molar-refractivity contribution in [2.24, 2.45) is 11.1 Å². The van der Waals surface area contributed by atoms with E-state index < -0.39 is 24.3 Å². The molecule has 1 atom stereocenters. The molecule has 0 spiro atoms. The molecule has 2 aromatic carbocycles. The minimum Gasteiger partial charge on any atom is -0.449 e. The smallest absolute Gasteiger partial charge is 0.435 e. The van der Waals surface area contributed by atoms with E-state index in [2.05, 4.69) is 10.5 Å². The van der Waals surface area contributed by atoms with Crippen molar-refractivity contribution in [3.63, 3.8) is 0 Å². The SMILES string of the molecule is Cc1cc(NC(=O)OCC(C)C)cc(C2=NOC(c3cc(Cl)cc(Cl)c3)(C(F)(F)F)C2)c1. The molecule has 32 heavy (non-hydrogen) atoms. The van der Waals surface area contributed by atoms with Crippen LogP contribution in [0.1, 0.15) is 37.0 Å². The molecule has 0 bridgehead atoms. The average Bonchev–Trinajstić information content (AvgIpc) is 3.12. The maximum absolute atomic E-state index is 14.2. The van der Waals surface area contributed by atoms with E-state index in [4.69, 9.17) is 32.8 Å². The first-order chi connectivity index (χ1) is 14.9. The van der Waals surface area contributed by atoms with Gasteiger partial charge in [-0.2, -0.15) is 13.2 Å². The first-order valence-corrected chi connectivity index (χ1v) is 10.5. The van der Waals surface area contributed by atoms with Gasteiger partial charge >= 0.3 is 12.3 Å². The molecular weight excluding hydrogens is 468 g/mol. The molecule has 1 aliphatic rings. The summed E-state index contributed by atoms with van der Waals surface area (Å²) in [6.07, 6.45) is -6.04. The zero-order valence-corrected chi connectivity index (χ0v) is 19.0. The van der Waals surface area contributed by atoms with Gasteiger partial charge in [-0.1, -0.05) is 42.2 Å². The van der Waals surface area contributed by atoms with E-state index in [1.54, 1.807) is 19.1 Å². The summed E-state index contributed by atoms with van der Waals surface area (Å²) in [5.74, 6) is 0.161. The topological polar surface area (TPSA) is 59.9 Å². The van der Waals surface area contributed by atoms with Crippen molar-refractivity contribution in [1.29, 1.82) is 0 Å². The quantitative estimate of drug-likeness (QED) is 0.488. The Morgan fingerprint density at radius 3 is 2.44 bits per heavy atom. The highest BCUT2D eigenvalue weighted by molar-refractivity contribution is 6.34. The van der Waals surface area contributed by atoms with Crippen LogP contribution in [0, 0.1) is 12.8 Å². The second-order valence-electron chi connectivity index (χ2n) is 7.99. The molecule has 1 unspecified atom stereocenters. The van der Waals surface area contributed by atoms with E-state index in [1.807, 2.05) is 13.8 Å². The van der Waals surface area contributed by atoms with Crippen LogP contribution in [0.3, 0.4) is 0 Å². The van der Waals surface area contributed by atoms with Crippen LogP contribution in [0.4, 0.5) is 23.7 Å². The first kappa shape index (κ1) is 24.2. The van der Waals surface area contributed by atoms with Crippen LogP contribution < -0.4 is 5.32 Å². The molecular formula is C22H21Cl2F3N2O3. The minimum absolute atomic E-state index is 0.0510. The summed E-state index contributed by atoms with van der Waals surface area (Å²) < 4.78 is 47.6. The molecule has 1 amide bonds. The van der Waals surface area contributed by atoms with Gasteiger partial charge in [0.15, 0.2) is 0 Å². The Kier molecular flexibility index (Phi) is 6.95. The minimum atomic E-state index is -4.79. The third kappa shape index (κ3) is 5.30. The van der Waals surface area contributed by atoms with Crippen molar-refractivity contribution in [2.75, 3.05) is 11.9 Å². The average molecular weight is 489 g/mol. The number of ether oxygens (including phenoxy) is 1. The summed E-state index contributed by atoms with van der Waals surface area (Å²) in [5.41, 5.74) is -1.45. The molecule has 1 N–H and O–H groups in total. The number of carbonyl (C=O) groups is 1. The molecule has 0 aliphatic carbocycles. The number of hydrogen-bond acceptors (Lipinski definition) is 4. The van der Waals surface area contributed by atoms with Crippen LogP contribution >= 0.6 is 23.2 Å². The number of amides is 1. The van der Waals surface area contributed by atoms with E-state index in [-0.39, 0.29) is 33.8 Å². The Morgan fingerprint density at radius 2 is 1.84 bits per heavy atom. The Bertz CT molecular complexity index is 1040. The fourth-order valence-corrected chi connectivity index (χ4v) is 3.79. The maximum atomic E-state index is 14.2. The van der Waals surface area contributed by atoms with Crippen molar-refractivity contribution >= 4 is 40.7 Å². The van der Waals surface area contributed by atoms with E-state index in [9.17, 15) is 18.0 Å². The van der Waals surface area contributed by atoms with Gasteiger partial charge in [0, 0.05) is 33.3 Å². The molecule has 2 aromatic rings. The number of oxime groups is 1. The molecule has 1 heterocycles. The van der Waals surface area contributed by atoms with Crippen LogP contribution in [0.5, 0.6) is 0 Å². The maximum Gasteiger partial charge on any atom is 0.435 e. The highest BCUT2D eigenvalue weighted by Crippen LogP contribution is 2.49. The standard InChI is InChI=1S/C22H21Cl2F3N2O3/c1-12(2)11-31-20(30)28-18-5-13(3)4-14(6-18)19-10-21(32-29-19,22(25,26)27)15-7-16(23)9-17(24)8-15/h4-9,12H,10-11H2,1-3H3,(H,28,30). The number of benzene rings is 2. The van der Waals surface area contributed by atoms with Gasteiger partial charge in [-0.3, -0.25) is 5.32 Å². The lowest BCUT2D eigenvalue weighted by molar-refractivity contribution is -0.275. The van der Waals surface area contributed by atoms with Crippen molar-refractivity contribution in [3.05, 3.63) is 63.1 Å². The highest BCUT2D eigenvalue weighted by Gasteiger charge is 2.62. The van der Waals surface area contributed by atoms with Crippen molar-refractivity contribution in [3.8, 4) is 0 Å². The van der Waals surface area contributed by atoms with Crippen molar-refractivity contribution in [2.45, 2.75) is 39.0 Å². The van der Waals surface area contributed by atoms with Gasteiger partial charge < -0.3 is 9.57 Å². The highest BCUT2D eigenvalue weighted by atomic mass is 35.5. The van der Waals surface area contributed by atoms with E-state index in [0.29, 0.717) is 16.8 Å². The zero-order chi connectivity index (χ0) is 23.7. The lowest BCUT2D eigenvalue weighted by Crippen LogP contribution is -2.42. The van der Waals surface area contributed by atoms with Gasteiger partial charge in [0.25, 0.3) is 5.60 Å². The van der Waals surface area contributed by atoms with Crippen LogP contribution in [0.25, 0.3) is 0 Å². The molecule has 0 fully saturated rings. The second-order valence-corrected chi connectivity index (χ2v) is 8.87. The first-order valence-electron chi connectivity index (χ1n) is 9.74. The number of hydrogen-bond donors (Lipinski definition) is 1. The third-order valence-electron chi connectivity index (χ3n) is 4.72. The number of aryl methyl sites for hydroxylation is 1. The number of nitrogens with one attached hydrogen (secondary N) is 1. The fraction of sp³-hybridized carbons (Fsp3) is 0.364. The molecule has 3 rings (SSSR count). The monoisotopic (exact) mass is 488 g/mol. The number of rotatable bonds is 5. The number of halogens is 5. The van der Waals surface area contributed by atoms with E-state index in [0.717, 1.165) is 12.1 Å². The van der Waals surface area contributed by atoms with E-state index >= 15 is 0 Å². The third-order valence-corrected chi connectivity index (χ3v) is 5.16. The summed E-state index contributed by atoms with van der Waals surface area (Å²) >= 11 is 11.9. The van der Waals surface area contributed by atoms with Crippen molar-refractivity contribution < 1.29 is 27.5 Å². The van der Waals surface area contributed by atoms with Gasteiger partial charge in [0.2, 0.25) is 0 Å². The number of anilines is 1.